The number of benzene rings is 4. The molecule has 0 aliphatic heterocycles. The predicted octanol–water partition coefficient (Wildman–Crippen LogP) is 12.1. The second kappa shape index (κ2) is 29.6. The number of rotatable bonds is 30. The van der Waals surface area contributed by atoms with Crippen LogP contribution in [0.25, 0.3) is 0 Å². The number of hydrogen-bond donors (Lipinski definition) is 0. The normalized spacial score (nSPS) is 11.0. The van der Waals surface area contributed by atoms with Crippen LogP contribution in [0.5, 0.6) is 11.5 Å². The quantitative estimate of drug-likeness (QED) is 0.0120. The minimum absolute atomic E-state index is 0.122. The minimum Gasteiger partial charge on any atom is -0.476 e. The average molecular weight is 968 g/mol. The van der Waals surface area contributed by atoms with Crippen molar-refractivity contribution >= 4 is 46.7 Å². The second-order valence-corrected chi connectivity index (χ2v) is 17.3. The Kier molecular flexibility index (Phi) is 24.4. The van der Waals surface area contributed by atoms with Crippen molar-refractivity contribution in [2.75, 3.05) is 26.4 Å². The summed E-state index contributed by atoms with van der Waals surface area (Å²) in [6, 6.07) is 26.6. The zero-order valence-corrected chi connectivity index (χ0v) is 40.0. The van der Waals surface area contributed by atoms with Gasteiger partial charge in [0.25, 0.3) is 5.09 Å². The predicted molar refractivity (Wildman–Crippen MR) is 254 cm³/mol. The number of nitrogens with zero attached hydrogens (tertiary/aromatic N) is 2. The number of carbonyl (C=O) groups excluding carboxylic acids is 4. The van der Waals surface area contributed by atoms with Gasteiger partial charge in [0.2, 0.25) is 0 Å². The van der Waals surface area contributed by atoms with Gasteiger partial charge in [-0.25, -0.2) is 9.59 Å². The summed E-state index contributed by atoms with van der Waals surface area (Å²) in [6.45, 7) is 7.68. The standard InChI is InChI=1S/C25H30ClNO7.C25H30ClNO6/c1-25(2,24(29)32-17-7-5-3-4-6-8-18-33-27(30)31)34-22-15-11-20(12-16-22)23(28)19-9-13-21(26)14-10-19;1-25(2,24(29)31-17-7-5-3-4-6-8-18-32-27-30)33-22-15-11-20(12-16-22)23(28)19-9-13-21(26)14-10-19/h9-16H,3-8,17-18H2,1-2H3;9-16H,3-8,17-18H2,1-2H3. The molecule has 15 nitrogen and oxygen atoms in total. The van der Waals surface area contributed by atoms with Crippen LogP contribution in [-0.2, 0) is 28.7 Å². The highest BCUT2D eigenvalue weighted by molar-refractivity contribution is 6.31. The molecule has 0 bridgehead atoms. The molecular formula is C50H60Cl2N2O13. The minimum atomic E-state index is -1.18. The average Bonchev–Trinajstić information content (AvgIpc) is 3.30. The van der Waals surface area contributed by atoms with Gasteiger partial charge in [-0.05, 0) is 157 Å². The van der Waals surface area contributed by atoms with Crippen molar-refractivity contribution in [3.8, 4) is 11.5 Å². The molecule has 0 saturated heterocycles. The SMILES string of the molecule is CC(C)(Oc1ccc(C(=O)c2ccc(Cl)cc2)cc1)C(=O)OCCCCCCCCON=O.CC(C)(Oc1ccc(C(=O)c2ccc(Cl)cc2)cc1)C(=O)OCCCCCCCCO[N+](=O)[O-]. The van der Waals surface area contributed by atoms with Crippen molar-refractivity contribution in [3.63, 3.8) is 0 Å². The summed E-state index contributed by atoms with van der Waals surface area (Å²) >= 11 is 11.7. The highest BCUT2D eigenvalue weighted by Crippen LogP contribution is 2.24. The van der Waals surface area contributed by atoms with Gasteiger partial charge in [-0.2, -0.15) is 0 Å². The van der Waals surface area contributed by atoms with E-state index in [1.807, 2.05) is 0 Å². The van der Waals surface area contributed by atoms with E-state index >= 15 is 0 Å². The van der Waals surface area contributed by atoms with Gasteiger partial charge in [0, 0.05) is 32.3 Å². The Hall–Kier alpha value is -6.06. The van der Waals surface area contributed by atoms with Crippen LogP contribution in [0, 0.1) is 15.0 Å². The van der Waals surface area contributed by atoms with Crippen LogP contribution < -0.4 is 9.47 Å². The number of esters is 2. The molecule has 0 unspecified atom stereocenters. The van der Waals surface area contributed by atoms with Crippen LogP contribution in [0.2, 0.25) is 10.0 Å². The van der Waals surface area contributed by atoms with Crippen molar-refractivity contribution in [1.29, 1.82) is 0 Å². The van der Waals surface area contributed by atoms with Crippen LogP contribution in [-0.4, -0.2) is 66.2 Å². The van der Waals surface area contributed by atoms with Gasteiger partial charge in [-0.3, -0.25) is 9.59 Å². The number of halogens is 2. The molecule has 0 fully saturated rings. The molecule has 0 amide bonds. The van der Waals surface area contributed by atoms with E-state index in [1.165, 1.54) is 0 Å². The van der Waals surface area contributed by atoms with E-state index in [1.54, 1.807) is 125 Å². The van der Waals surface area contributed by atoms with Crippen LogP contribution >= 0.6 is 23.2 Å². The van der Waals surface area contributed by atoms with Gasteiger partial charge in [-0.15, -0.1) is 15.0 Å². The molecule has 0 radical (unpaired) electrons. The smallest absolute Gasteiger partial charge is 0.349 e. The van der Waals surface area contributed by atoms with E-state index < -0.39 is 28.2 Å². The molecule has 0 heterocycles. The molecule has 4 aromatic carbocycles. The maximum Gasteiger partial charge on any atom is 0.349 e. The van der Waals surface area contributed by atoms with E-state index in [9.17, 15) is 34.2 Å². The van der Waals surface area contributed by atoms with Gasteiger partial charge in [0.05, 0.1) is 19.8 Å². The third-order valence-electron chi connectivity index (χ3n) is 10.1. The van der Waals surface area contributed by atoms with Crippen molar-refractivity contribution in [3.05, 3.63) is 144 Å². The Morgan fingerprint density at radius 1 is 0.493 bits per heavy atom. The van der Waals surface area contributed by atoms with E-state index in [0.29, 0.717) is 70.0 Å². The Morgan fingerprint density at radius 2 is 0.791 bits per heavy atom. The highest BCUT2D eigenvalue weighted by atomic mass is 35.5. The fourth-order valence-corrected chi connectivity index (χ4v) is 6.55. The van der Waals surface area contributed by atoms with Crippen LogP contribution in [0.15, 0.2) is 102 Å². The fraction of sp³-hybridized carbons (Fsp3) is 0.440. The van der Waals surface area contributed by atoms with E-state index in [4.69, 9.17) is 42.1 Å². The third kappa shape index (κ3) is 21.4. The van der Waals surface area contributed by atoms with Crippen LogP contribution in [0.1, 0.15) is 137 Å². The molecule has 0 N–H and O–H groups in total. The van der Waals surface area contributed by atoms with Gasteiger partial charge in [0.15, 0.2) is 28.1 Å². The van der Waals surface area contributed by atoms with E-state index in [2.05, 4.69) is 15.0 Å². The Bertz CT molecular complexity index is 2150. The lowest BCUT2D eigenvalue weighted by atomic mass is 10.0. The van der Waals surface area contributed by atoms with Crippen LogP contribution in [0.3, 0.4) is 0 Å². The van der Waals surface area contributed by atoms with Crippen molar-refractivity contribution < 1.29 is 52.9 Å². The summed E-state index contributed by atoms with van der Waals surface area (Å²) in [5.74, 6) is -0.239. The first-order chi connectivity index (χ1) is 32.0. The maximum atomic E-state index is 12.6. The molecule has 0 aromatic heterocycles. The summed E-state index contributed by atoms with van der Waals surface area (Å²) < 4.78 is 22.4. The summed E-state index contributed by atoms with van der Waals surface area (Å²) in [7, 11) is 0. The first-order valence-electron chi connectivity index (χ1n) is 22.3. The van der Waals surface area contributed by atoms with Crippen LogP contribution in [0.4, 0.5) is 0 Å². The molecule has 362 valence electrons. The summed E-state index contributed by atoms with van der Waals surface area (Å²) in [5.41, 5.74) is -0.252. The van der Waals surface area contributed by atoms with Gasteiger partial charge >= 0.3 is 11.9 Å². The van der Waals surface area contributed by atoms with E-state index in [0.717, 1.165) is 70.6 Å². The second-order valence-electron chi connectivity index (χ2n) is 16.4. The molecule has 67 heavy (non-hydrogen) atoms. The molecule has 0 spiro atoms. The lowest BCUT2D eigenvalue weighted by Crippen LogP contribution is -2.39. The monoisotopic (exact) mass is 966 g/mol. The number of ether oxygens (including phenoxy) is 4. The number of hydrogen-bond acceptors (Lipinski definition) is 14. The number of carbonyl (C=O) groups is 4. The van der Waals surface area contributed by atoms with Crippen molar-refractivity contribution in [2.24, 2.45) is 5.34 Å². The van der Waals surface area contributed by atoms with E-state index in [-0.39, 0.29) is 18.2 Å². The van der Waals surface area contributed by atoms with Gasteiger partial charge in [-0.1, -0.05) is 68.1 Å². The largest absolute Gasteiger partial charge is 0.476 e. The lowest BCUT2D eigenvalue weighted by molar-refractivity contribution is -0.757. The molecule has 0 aliphatic rings. The Balaban J connectivity index is 0.000000355. The molecule has 0 atom stereocenters. The summed E-state index contributed by atoms with van der Waals surface area (Å²) in [5, 5.41) is 12.8. The van der Waals surface area contributed by atoms with Crippen molar-refractivity contribution in [2.45, 2.75) is 116 Å². The van der Waals surface area contributed by atoms with Gasteiger partial charge in [0.1, 0.15) is 18.1 Å². The fourth-order valence-electron chi connectivity index (χ4n) is 6.30. The molecule has 0 aliphatic carbocycles. The summed E-state index contributed by atoms with van der Waals surface area (Å²) in [4.78, 5) is 78.5. The maximum absolute atomic E-state index is 12.6. The molecule has 4 rings (SSSR count). The molecule has 0 saturated carbocycles. The molecule has 4 aromatic rings. The first kappa shape index (κ1) is 55.3. The highest BCUT2D eigenvalue weighted by Gasteiger charge is 2.33. The zero-order valence-electron chi connectivity index (χ0n) is 38.5. The topological polar surface area (TPSA) is 196 Å². The first-order valence-corrected chi connectivity index (χ1v) is 23.0. The Morgan fingerprint density at radius 3 is 1.12 bits per heavy atom. The summed E-state index contributed by atoms with van der Waals surface area (Å²) in [6.07, 6.45) is 10.6. The zero-order chi connectivity index (χ0) is 49.1. The molecule has 17 heteroatoms. The number of ketones is 2. The van der Waals surface area contributed by atoms with Gasteiger partial charge < -0.3 is 28.6 Å². The number of unbranched alkanes of at least 4 members (excludes halogenated alkanes) is 10. The molecular weight excluding hydrogens is 907 g/mol. The van der Waals surface area contributed by atoms with Crippen molar-refractivity contribution in [1.82, 2.24) is 0 Å². The third-order valence-corrected chi connectivity index (χ3v) is 10.6. The Labute approximate surface area is 401 Å². The lowest BCUT2D eigenvalue weighted by Gasteiger charge is -2.24.